The molecule has 132 valence electrons. The molecule has 0 saturated heterocycles. The highest BCUT2D eigenvalue weighted by Crippen LogP contribution is 2.30. The molecule has 0 fully saturated rings. The van der Waals surface area contributed by atoms with Crippen molar-refractivity contribution in [2.45, 2.75) is 25.0 Å². The standard InChI is InChI=1S/C19H21NO3S2/c21-18(20-9-10-24-13-14-5-2-1-3-6-14)12-23-19(22)17-11-15-7-4-8-16(15)25-17/h1-3,5-6,11H,4,7-10,12-13H2,(H,20,21). The van der Waals surface area contributed by atoms with Crippen LogP contribution in [0, 0.1) is 0 Å². The number of fused-ring (bicyclic) bond motifs is 1. The first-order chi connectivity index (χ1) is 12.2. The predicted molar refractivity (Wildman–Crippen MR) is 102 cm³/mol. The van der Waals surface area contributed by atoms with Gasteiger partial charge in [-0.1, -0.05) is 30.3 Å². The fourth-order valence-corrected chi connectivity index (χ4v) is 4.68. The van der Waals surface area contributed by atoms with E-state index in [1.54, 1.807) is 11.8 Å². The number of esters is 1. The number of amides is 1. The highest BCUT2D eigenvalue weighted by Gasteiger charge is 2.19. The topological polar surface area (TPSA) is 55.4 Å². The average molecular weight is 376 g/mol. The van der Waals surface area contributed by atoms with E-state index in [-0.39, 0.29) is 12.5 Å². The third kappa shape index (κ3) is 5.34. The SMILES string of the molecule is O=C(COC(=O)c1cc2c(s1)CCC2)NCCSCc1ccccc1. The van der Waals surface area contributed by atoms with E-state index in [1.165, 1.54) is 33.8 Å². The Labute approximate surface area is 156 Å². The molecule has 1 amide bonds. The molecule has 0 saturated carbocycles. The van der Waals surface area contributed by atoms with E-state index in [9.17, 15) is 9.59 Å². The molecule has 1 aromatic carbocycles. The molecule has 0 unspecified atom stereocenters. The lowest BCUT2D eigenvalue weighted by atomic mass is 10.2. The van der Waals surface area contributed by atoms with Crippen molar-refractivity contribution in [2.24, 2.45) is 0 Å². The van der Waals surface area contributed by atoms with Crippen molar-refractivity contribution in [1.82, 2.24) is 5.32 Å². The van der Waals surface area contributed by atoms with E-state index in [1.807, 2.05) is 24.3 Å². The second kappa shape index (κ2) is 9.06. The van der Waals surface area contributed by atoms with Crippen LogP contribution in [-0.4, -0.2) is 30.8 Å². The number of carbonyl (C=O) groups is 2. The van der Waals surface area contributed by atoms with Crippen LogP contribution >= 0.6 is 23.1 Å². The molecule has 4 nitrogen and oxygen atoms in total. The maximum Gasteiger partial charge on any atom is 0.348 e. The highest BCUT2D eigenvalue weighted by atomic mass is 32.2. The minimum atomic E-state index is -0.395. The summed E-state index contributed by atoms with van der Waals surface area (Å²) in [6.07, 6.45) is 3.26. The lowest BCUT2D eigenvalue weighted by Gasteiger charge is -2.06. The molecule has 0 atom stereocenters. The quantitative estimate of drug-likeness (QED) is 0.567. The van der Waals surface area contributed by atoms with Crippen LogP contribution < -0.4 is 5.32 Å². The van der Waals surface area contributed by atoms with E-state index in [2.05, 4.69) is 17.4 Å². The first kappa shape index (κ1) is 18.0. The number of carbonyl (C=O) groups excluding carboxylic acids is 2. The Balaban J connectivity index is 1.29. The summed E-state index contributed by atoms with van der Waals surface area (Å²) in [7, 11) is 0. The molecule has 0 bridgehead atoms. The number of thioether (sulfide) groups is 1. The Kier molecular flexibility index (Phi) is 6.53. The second-order valence-corrected chi connectivity index (χ2v) is 8.12. The Hall–Kier alpha value is -1.79. The van der Waals surface area contributed by atoms with E-state index >= 15 is 0 Å². The zero-order valence-corrected chi connectivity index (χ0v) is 15.6. The summed E-state index contributed by atoms with van der Waals surface area (Å²) < 4.78 is 5.11. The fourth-order valence-electron chi connectivity index (χ4n) is 2.71. The fraction of sp³-hybridized carbons (Fsp3) is 0.368. The zero-order valence-electron chi connectivity index (χ0n) is 14.0. The van der Waals surface area contributed by atoms with Gasteiger partial charge in [0.2, 0.25) is 0 Å². The number of hydrogen-bond donors (Lipinski definition) is 1. The third-order valence-electron chi connectivity index (χ3n) is 3.96. The summed E-state index contributed by atoms with van der Waals surface area (Å²) in [6.45, 7) is 0.353. The first-order valence-electron chi connectivity index (χ1n) is 8.39. The third-order valence-corrected chi connectivity index (χ3v) is 6.21. The van der Waals surface area contributed by atoms with E-state index < -0.39 is 5.97 Å². The summed E-state index contributed by atoms with van der Waals surface area (Å²) in [4.78, 5) is 25.6. The van der Waals surface area contributed by atoms with Crippen molar-refractivity contribution in [3.63, 3.8) is 0 Å². The average Bonchev–Trinajstić information content (AvgIpc) is 3.22. The summed E-state index contributed by atoms with van der Waals surface area (Å²) in [5, 5.41) is 2.78. The van der Waals surface area contributed by atoms with Crippen LogP contribution in [0.2, 0.25) is 0 Å². The number of aryl methyl sites for hydroxylation is 2. The summed E-state index contributed by atoms with van der Waals surface area (Å²) in [5.74, 6) is 1.10. The molecule has 1 heterocycles. The molecule has 1 aromatic heterocycles. The van der Waals surface area contributed by atoms with Crippen LogP contribution in [0.1, 0.15) is 32.1 Å². The molecule has 25 heavy (non-hydrogen) atoms. The molecule has 0 radical (unpaired) electrons. The van der Waals surface area contributed by atoms with Crippen molar-refractivity contribution in [1.29, 1.82) is 0 Å². The normalized spacial score (nSPS) is 12.6. The predicted octanol–water partition coefficient (Wildman–Crippen LogP) is 3.44. The summed E-state index contributed by atoms with van der Waals surface area (Å²) in [6, 6.07) is 12.1. The van der Waals surface area contributed by atoms with Gasteiger partial charge in [0.15, 0.2) is 6.61 Å². The highest BCUT2D eigenvalue weighted by molar-refractivity contribution is 7.98. The van der Waals surface area contributed by atoms with Crippen LogP contribution in [0.3, 0.4) is 0 Å². The van der Waals surface area contributed by atoms with Crippen molar-refractivity contribution in [3.8, 4) is 0 Å². The number of ether oxygens (including phenoxy) is 1. The van der Waals surface area contributed by atoms with Gasteiger partial charge in [0.1, 0.15) is 4.88 Å². The lowest BCUT2D eigenvalue weighted by molar-refractivity contribution is -0.124. The number of thiophene rings is 1. The Morgan fingerprint density at radius 3 is 2.84 bits per heavy atom. The van der Waals surface area contributed by atoms with Crippen LogP contribution in [0.25, 0.3) is 0 Å². The van der Waals surface area contributed by atoms with Crippen molar-refractivity contribution < 1.29 is 14.3 Å². The molecule has 2 aromatic rings. The monoisotopic (exact) mass is 375 g/mol. The van der Waals surface area contributed by atoms with E-state index in [0.29, 0.717) is 11.4 Å². The Morgan fingerprint density at radius 2 is 2.04 bits per heavy atom. The van der Waals surface area contributed by atoms with Gasteiger partial charge in [-0.3, -0.25) is 4.79 Å². The van der Waals surface area contributed by atoms with Crippen molar-refractivity contribution in [3.05, 3.63) is 57.3 Å². The van der Waals surface area contributed by atoms with Gasteiger partial charge >= 0.3 is 5.97 Å². The van der Waals surface area contributed by atoms with Gasteiger partial charge in [0.25, 0.3) is 5.91 Å². The zero-order chi connectivity index (χ0) is 17.5. The van der Waals surface area contributed by atoms with Crippen LogP contribution in [0.15, 0.2) is 36.4 Å². The van der Waals surface area contributed by atoms with Gasteiger partial charge in [-0.2, -0.15) is 11.8 Å². The molecular formula is C19H21NO3S2. The van der Waals surface area contributed by atoms with Crippen LogP contribution in [-0.2, 0) is 28.1 Å². The molecule has 1 N–H and O–H groups in total. The number of benzene rings is 1. The number of hydrogen-bond acceptors (Lipinski definition) is 5. The van der Waals surface area contributed by atoms with Crippen LogP contribution in [0.5, 0.6) is 0 Å². The number of nitrogens with one attached hydrogen (secondary N) is 1. The summed E-state index contributed by atoms with van der Waals surface area (Å²) >= 11 is 3.26. The smallest absolute Gasteiger partial charge is 0.348 e. The largest absolute Gasteiger partial charge is 0.451 e. The number of rotatable bonds is 8. The van der Waals surface area contributed by atoms with E-state index in [4.69, 9.17) is 4.74 Å². The lowest BCUT2D eigenvalue weighted by Crippen LogP contribution is -2.30. The molecule has 0 aliphatic heterocycles. The van der Waals surface area contributed by atoms with Gasteiger partial charge in [-0.05, 0) is 36.5 Å². The molecule has 1 aliphatic rings. The van der Waals surface area contributed by atoms with Gasteiger partial charge in [0.05, 0.1) is 0 Å². The minimum Gasteiger partial charge on any atom is -0.451 e. The second-order valence-electron chi connectivity index (χ2n) is 5.88. The van der Waals surface area contributed by atoms with Gasteiger partial charge in [0, 0.05) is 22.9 Å². The van der Waals surface area contributed by atoms with Crippen molar-refractivity contribution in [2.75, 3.05) is 18.9 Å². The maximum atomic E-state index is 12.0. The summed E-state index contributed by atoms with van der Waals surface area (Å²) in [5.41, 5.74) is 2.53. The van der Waals surface area contributed by atoms with Gasteiger partial charge in [-0.15, -0.1) is 11.3 Å². The van der Waals surface area contributed by atoms with Gasteiger partial charge < -0.3 is 10.1 Å². The van der Waals surface area contributed by atoms with Crippen molar-refractivity contribution >= 4 is 35.0 Å². The maximum absolute atomic E-state index is 12.0. The molecule has 1 aliphatic carbocycles. The Bertz CT molecular complexity index is 706. The first-order valence-corrected chi connectivity index (χ1v) is 10.4. The molecule has 0 spiro atoms. The van der Waals surface area contributed by atoms with Crippen LogP contribution in [0.4, 0.5) is 0 Å². The Morgan fingerprint density at radius 1 is 1.20 bits per heavy atom. The molecule has 6 heteroatoms. The van der Waals surface area contributed by atoms with E-state index in [0.717, 1.165) is 24.3 Å². The van der Waals surface area contributed by atoms with Gasteiger partial charge in [-0.25, -0.2) is 4.79 Å². The molecular weight excluding hydrogens is 354 g/mol. The molecule has 3 rings (SSSR count). The minimum absolute atomic E-state index is 0.218.